The molecule has 0 aliphatic heterocycles. The summed E-state index contributed by atoms with van der Waals surface area (Å²) in [5.74, 6) is 0.438. The van der Waals surface area contributed by atoms with Crippen molar-refractivity contribution in [1.82, 2.24) is 0 Å². The zero-order chi connectivity index (χ0) is 62.5. The molecule has 0 aliphatic rings. The number of ether oxygens (including phenoxy) is 6. The Morgan fingerprint density at radius 1 is 0.274 bits per heavy atom. The minimum atomic E-state index is -0.801. The summed E-state index contributed by atoms with van der Waals surface area (Å²) in [5.41, 5.74) is -3.14. The molecule has 0 saturated heterocycles. The van der Waals surface area contributed by atoms with Gasteiger partial charge in [0.2, 0.25) is 0 Å². The molecule has 0 radical (unpaired) electrons. The van der Waals surface area contributed by atoms with Crippen LogP contribution in [-0.4, -0.2) is 124 Å². The number of rotatable bonds is 63. The molecule has 0 aromatic heterocycles. The molecule has 0 spiro atoms. The summed E-state index contributed by atoms with van der Waals surface area (Å²) in [7, 11) is 0. The van der Waals surface area contributed by atoms with Gasteiger partial charge in [-0.05, 0) is 63.2 Å². The highest BCUT2D eigenvalue weighted by Gasteiger charge is 2.36. The topological polar surface area (TPSA) is 205 Å². The second kappa shape index (κ2) is 53.6. The first-order valence-corrected chi connectivity index (χ1v) is 34.7. The lowest BCUT2D eigenvalue weighted by Crippen LogP contribution is -2.41. The maximum absolute atomic E-state index is 12.8. The lowest BCUT2D eigenvalue weighted by atomic mass is 9.86. The van der Waals surface area contributed by atoms with Gasteiger partial charge in [0.25, 0.3) is 0 Å². The van der Waals surface area contributed by atoms with Crippen molar-refractivity contribution >= 4 is 23.9 Å². The first-order chi connectivity index (χ1) is 40.5. The number of aliphatic hydroxyl groups excluding tert-OH is 4. The molecule has 0 fully saturated rings. The lowest BCUT2D eigenvalue weighted by Gasteiger charge is -2.34. The van der Waals surface area contributed by atoms with Gasteiger partial charge in [-0.1, -0.05) is 235 Å². The predicted octanol–water partition coefficient (Wildman–Crippen LogP) is 16.1. The summed E-state index contributed by atoms with van der Waals surface area (Å²) in [5, 5.41) is 41.5. The van der Waals surface area contributed by atoms with Crippen molar-refractivity contribution in [3.63, 3.8) is 0 Å². The first kappa shape index (κ1) is 81.6. The van der Waals surface area contributed by atoms with Gasteiger partial charge in [-0.15, -0.1) is 0 Å². The van der Waals surface area contributed by atoms with Gasteiger partial charge in [0.1, 0.15) is 26.4 Å². The van der Waals surface area contributed by atoms with Crippen LogP contribution in [0.1, 0.15) is 312 Å². The molecule has 14 heteroatoms. The Morgan fingerprint density at radius 2 is 0.440 bits per heavy atom. The fourth-order valence-corrected chi connectivity index (χ4v) is 10.4. The van der Waals surface area contributed by atoms with Gasteiger partial charge in [0, 0.05) is 25.7 Å². The second-order valence-corrected chi connectivity index (χ2v) is 26.6. The standard InChI is InChI=1S/C70H134O14/c1-9-67(49-71,57-81-63(75)45-39-33-27-23-19-15-13-17-21-25-31-37-43-61(5)6)53-79-55-69(11-3,51-73)59-83-65(77)47-41-35-29-30-36-42-48-66(78)84-60-70(12-4,52-74)56-80-54-68(10-2,50-72)58-82-64(76)46-40-34-28-24-20-16-14-18-22-26-32-38-44-62(7)8/h61-62,71-74H,9-60H2,1-8H3. The van der Waals surface area contributed by atoms with Crippen LogP contribution >= 0.6 is 0 Å². The highest BCUT2D eigenvalue weighted by atomic mass is 16.6. The van der Waals surface area contributed by atoms with E-state index in [0.29, 0.717) is 51.4 Å². The van der Waals surface area contributed by atoms with E-state index in [1.54, 1.807) is 0 Å². The maximum Gasteiger partial charge on any atom is 0.305 e. The van der Waals surface area contributed by atoms with Crippen LogP contribution in [0.15, 0.2) is 0 Å². The first-order valence-electron chi connectivity index (χ1n) is 34.7. The molecule has 0 aromatic rings. The molecule has 0 heterocycles. The van der Waals surface area contributed by atoms with Crippen molar-refractivity contribution in [3.8, 4) is 0 Å². The molecule has 0 amide bonds. The van der Waals surface area contributed by atoms with E-state index in [9.17, 15) is 39.6 Å². The van der Waals surface area contributed by atoms with Crippen molar-refractivity contribution in [2.24, 2.45) is 33.5 Å². The fraction of sp³-hybridized carbons (Fsp3) is 0.943. The van der Waals surface area contributed by atoms with Gasteiger partial charge in [-0.25, -0.2) is 0 Å². The molecule has 4 N–H and O–H groups in total. The van der Waals surface area contributed by atoms with E-state index in [1.807, 2.05) is 27.7 Å². The molecule has 84 heavy (non-hydrogen) atoms. The Kier molecular flexibility index (Phi) is 52.1. The van der Waals surface area contributed by atoms with Gasteiger partial charge in [-0.2, -0.15) is 0 Å². The minimum Gasteiger partial charge on any atom is -0.465 e. The van der Waals surface area contributed by atoms with Crippen LogP contribution in [0.2, 0.25) is 0 Å². The fourth-order valence-electron chi connectivity index (χ4n) is 10.4. The van der Waals surface area contributed by atoms with Gasteiger partial charge < -0.3 is 48.8 Å². The summed E-state index contributed by atoms with van der Waals surface area (Å²) < 4.78 is 34.8. The molecular formula is C70H134O14. The molecule has 0 rings (SSSR count). The monoisotopic (exact) mass is 1200 g/mol. The Morgan fingerprint density at radius 3 is 0.595 bits per heavy atom. The lowest BCUT2D eigenvalue weighted by molar-refractivity contribution is -0.156. The largest absolute Gasteiger partial charge is 0.465 e. The van der Waals surface area contributed by atoms with Crippen molar-refractivity contribution in [3.05, 3.63) is 0 Å². The van der Waals surface area contributed by atoms with E-state index in [2.05, 4.69) is 27.7 Å². The zero-order valence-electron chi connectivity index (χ0n) is 55.8. The number of hydrogen-bond acceptors (Lipinski definition) is 14. The van der Waals surface area contributed by atoms with E-state index in [4.69, 9.17) is 28.4 Å². The average molecular weight is 1200 g/mol. The van der Waals surface area contributed by atoms with Crippen LogP contribution in [0.4, 0.5) is 0 Å². The van der Waals surface area contributed by atoms with Crippen LogP contribution in [0.25, 0.3) is 0 Å². The third-order valence-corrected chi connectivity index (χ3v) is 18.0. The number of carbonyl (C=O) groups is 4. The van der Waals surface area contributed by atoms with Gasteiger partial charge in [0.05, 0.1) is 74.5 Å². The number of aliphatic hydroxyl groups is 4. The third kappa shape index (κ3) is 43.3. The number of unbranched alkanes of at least 4 members (excludes halogenated alkanes) is 27. The third-order valence-electron chi connectivity index (χ3n) is 18.0. The van der Waals surface area contributed by atoms with E-state index >= 15 is 0 Å². The Hall–Kier alpha value is -2.36. The number of hydrogen-bond donors (Lipinski definition) is 4. The zero-order valence-corrected chi connectivity index (χ0v) is 55.8. The Bertz CT molecular complexity index is 1420. The summed E-state index contributed by atoms with van der Waals surface area (Å²) >= 11 is 0. The van der Waals surface area contributed by atoms with Gasteiger partial charge in [0.15, 0.2) is 0 Å². The van der Waals surface area contributed by atoms with Crippen molar-refractivity contribution < 1.29 is 68.0 Å². The minimum absolute atomic E-state index is 0.00679. The normalized spacial score (nSPS) is 14.7. The van der Waals surface area contributed by atoms with Crippen molar-refractivity contribution in [1.29, 1.82) is 0 Å². The molecule has 14 nitrogen and oxygen atoms in total. The molecule has 0 aliphatic carbocycles. The second-order valence-electron chi connectivity index (χ2n) is 26.6. The van der Waals surface area contributed by atoms with E-state index < -0.39 is 21.7 Å². The number of esters is 4. The van der Waals surface area contributed by atoms with Crippen molar-refractivity contribution in [2.75, 3.05) is 79.3 Å². The average Bonchev–Trinajstić information content (AvgIpc) is 3.63. The molecule has 0 bridgehead atoms. The molecule has 4 atom stereocenters. The van der Waals surface area contributed by atoms with Crippen LogP contribution < -0.4 is 0 Å². The number of carbonyl (C=O) groups excluding carboxylic acids is 4. The SMILES string of the molecule is CCC(CO)(COCC(CC)(CO)COC(=O)CCCCCCCCC(=O)OCC(CC)(CO)COCC(CC)(CO)COC(=O)CCCCCCCCCCCCCCC(C)C)COC(=O)CCCCCCCCCCCCCCC(C)C. The molecule has 498 valence electrons. The molecule has 4 unspecified atom stereocenters. The van der Waals surface area contributed by atoms with E-state index in [-0.39, 0.29) is 116 Å². The molecular weight excluding hydrogens is 1060 g/mol. The Labute approximate surface area is 514 Å². The molecule has 0 saturated carbocycles. The molecule has 0 aromatic carbocycles. The van der Waals surface area contributed by atoms with E-state index in [1.165, 1.54) is 128 Å². The van der Waals surface area contributed by atoms with E-state index in [0.717, 1.165) is 76.0 Å². The predicted molar refractivity (Wildman–Crippen MR) is 341 cm³/mol. The van der Waals surface area contributed by atoms with Crippen molar-refractivity contribution in [2.45, 2.75) is 312 Å². The summed E-state index contributed by atoms with van der Waals surface area (Å²) in [6, 6.07) is 0. The summed E-state index contributed by atoms with van der Waals surface area (Å²) in [6.45, 7) is 16.6. The smallest absolute Gasteiger partial charge is 0.305 e. The highest BCUT2D eigenvalue weighted by molar-refractivity contribution is 5.70. The quantitative estimate of drug-likeness (QED) is 0.0254. The Balaban J connectivity index is 4.38. The van der Waals surface area contributed by atoms with Gasteiger partial charge >= 0.3 is 23.9 Å². The van der Waals surface area contributed by atoms with Gasteiger partial charge in [-0.3, -0.25) is 19.2 Å². The van der Waals surface area contributed by atoms with Crippen LogP contribution in [-0.2, 0) is 47.6 Å². The van der Waals surface area contributed by atoms with Crippen LogP contribution in [0.3, 0.4) is 0 Å². The van der Waals surface area contributed by atoms with Crippen LogP contribution in [0.5, 0.6) is 0 Å². The van der Waals surface area contributed by atoms with Crippen LogP contribution in [0, 0.1) is 33.5 Å². The maximum atomic E-state index is 12.8. The summed E-state index contributed by atoms with van der Waals surface area (Å²) in [6.07, 6.45) is 40.4. The summed E-state index contributed by atoms with van der Waals surface area (Å²) in [4.78, 5) is 50.8. The highest BCUT2D eigenvalue weighted by Crippen LogP contribution is 2.30.